The maximum absolute atomic E-state index is 12.3. The van der Waals surface area contributed by atoms with Crippen molar-refractivity contribution in [3.63, 3.8) is 0 Å². The van der Waals surface area contributed by atoms with Crippen LogP contribution in [0.15, 0.2) is 36.4 Å². The fourth-order valence-corrected chi connectivity index (χ4v) is 2.29. The first-order valence-corrected chi connectivity index (χ1v) is 6.68. The molecule has 0 amide bonds. The van der Waals surface area contributed by atoms with Gasteiger partial charge in [0.05, 0.1) is 0 Å². The zero-order valence-electron chi connectivity index (χ0n) is 12.5. The monoisotopic (exact) mass is 300 g/mol. The molecule has 2 aromatic carbocycles. The largest absolute Gasteiger partial charge is 0.511 e. The molecule has 2 aromatic rings. The molecular formula is C17H16O5. The molecule has 0 unspecified atom stereocenters. The van der Waals surface area contributed by atoms with Crippen LogP contribution < -0.4 is 9.47 Å². The van der Waals surface area contributed by atoms with Gasteiger partial charge in [0.15, 0.2) is 0 Å². The van der Waals surface area contributed by atoms with E-state index in [1.807, 2.05) is 32.9 Å². The molecule has 5 heteroatoms. The number of para-hydroxylation sites is 1. The van der Waals surface area contributed by atoms with Crippen molar-refractivity contribution in [1.29, 1.82) is 0 Å². The number of hydrogen-bond donors (Lipinski definition) is 1. The Kier molecular flexibility index (Phi) is 4.46. The minimum atomic E-state index is -1.48. The van der Waals surface area contributed by atoms with E-state index in [0.717, 1.165) is 16.7 Å². The van der Waals surface area contributed by atoms with E-state index in [0.29, 0.717) is 5.75 Å². The number of rotatable bonds is 3. The van der Waals surface area contributed by atoms with E-state index >= 15 is 0 Å². The van der Waals surface area contributed by atoms with Gasteiger partial charge in [0.25, 0.3) is 0 Å². The average molecular weight is 300 g/mol. The summed E-state index contributed by atoms with van der Waals surface area (Å²) in [7, 11) is 0. The second-order valence-corrected chi connectivity index (χ2v) is 4.98. The first-order chi connectivity index (χ1) is 10.4. The van der Waals surface area contributed by atoms with Crippen molar-refractivity contribution >= 4 is 12.1 Å². The molecule has 0 aliphatic heterocycles. The number of carbonyl (C=O) groups excluding carboxylic acids is 1. The Morgan fingerprint density at radius 1 is 0.955 bits per heavy atom. The molecular weight excluding hydrogens is 284 g/mol. The number of esters is 1. The number of carboxylic acid groups (broad SMARTS) is 1. The minimum absolute atomic E-state index is 0.0533. The highest BCUT2D eigenvalue weighted by molar-refractivity contribution is 5.94. The average Bonchev–Trinajstić information content (AvgIpc) is 2.42. The van der Waals surface area contributed by atoms with Gasteiger partial charge in [0.2, 0.25) is 0 Å². The van der Waals surface area contributed by atoms with Crippen LogP contribution in [0.4, 0.5) is 4.79 Å². The van der Waals surface area contributed by atoms with Crippen molar-refractivity contribution in [2.75, 3.05) is 0 Å². The highest BCUT2D eigenvalue weighted by Crippen LogP contribution is 2.27. The van der Waals surface area contributed by atoms with Crippen LogP contribution in [0.3, 0.4) is 0 Å². The number of carbonyl (C=O) groups is 2. The van der Waals surface area contributed by atoms with Crippen LogP contribution in [0.25, 0.3) is 0 Å². The Hall–Kier alpha value is -2.82. The van der Waals surface area contributed by atoms with E-state index in [1.54, 1.807) is 12.1 Å². The molecule has 0 fully saturated rings. The smallest absolute Gasteiger partial charge is 0.449 e. The SMILES string of the molecule is Cc1cc(C)c(OC(=O)c2ccccc2OC(=O)O)c(C)c1. The van der Waals surface area contributed by atoms with Gasteiger partial charge >= 0.3 is 12.1 Å². The van der Waals surface area contributed by atoms with Gasteiger partial charge in [-0.15, -0.1) is 0 Å². The fourth-order valence-electron chi connectivity index (χ4n) is 2.29. The molecule has 0 heterocycles. The summed E-state index contributed by atoms with van der Waals surface area (Å²) in [5.41, 5.74) is 2.80. The molecule has 0 aromatic heterocycles. The minimum Gasteiger partial charge on any atom is -0.449 e. The molecule has 0 saturated carbocycles. The van der Waals surface area contributed by atoms with Crippen molar-refractivity contribution in [2.24, 2.45) is 0 Å². The molecule has 0 spiro atoms. The van der Waals surface area contributed by atoms with Crippen molar-refractivity contribution in [3.05, 3.63) is 58.7 Å². The standard InChI is InChI=1S/C17H16O5/c1-10-8-11(2)15(12(3)9-10)22-16(18)13-6-4-5-7-14(13)21-17(19)20/h4-9H,1-3H3,(H,19,20). The highest BCUT2D eigenvalue weighted by atomic mass is 16.7. The van der Waals surface area contributed by atoms with Gasteiger partial charge in [-0.25, -0.2) is 9.59 Å². The summed E-state index contributed by atoms with van der Waals surface area (Å²) in [4.78, 5) is 23.0. The summed E-state index contributed by atoms with van der Waals surface area (Å²) in [6.07, 6.45) is -1.48. The van der Waals surface area contributed by atoms with Gasteiger partial charge < -0.3 is 14.6 Å². The third-order valence-corrected chi connectivity index (χ3v) is 3.10. The zero-order valence-corrected chi connectivity index (χ0v) is 12.5. The zero-order chi connectivity index (χ0) is 16.3. The predicted molar refractivity (Wildman–Crippen MR) is 80.7 cm³/mol. The van der Waals surface area contributed by atoms with Crippen LogP contribution in [0.2, 0.25) is 0 Å². The highest BCUT2D eigenvalue weighted by Gasteiger charge is 2.18. The summed E-state index contributed by atoms with van der Waals surface area (Å²) < 4.78 is 10.0. The lowest BCUT2D eigenvalue weighted by atomic mass is 10.1. The van der Waals surface area contributed by atoms with Crippen molar-refractivity contribution in [2.45, 2.75) is 20.8 Å². The second-order valence-electron chi connectivity index (χ2n) is 4.98. The van der Waals surface area contributed by atoms with E-state index < -0.39 is 12.1 Å². The van der Waals surface area contributed by atoms with E-state index in [2.05, 4.69) is 4.74 Å². The third kappa shape index (κ3) is 3.44. The van der Waals surface area contributed by atoms with Crippen LogP contribution in [-0.4, -0.2) is 17.2 Å². The van der Waals surface area contributed by atoms with E-state index in [1.165, 1.54) is 12.1 Å². The lowest BCUT2D eigenvalue weighted by molar-refractivity contribution is 0.0728. The van der Waals surface area contributed by atoms with Crippen LogP contribution in [-0.2, 0) is 0 Å². The Labute approximate surface area is 128 Å². The summed E-state index contributed by atoms with van der Waals surface area (Å²) in [6, 6.07) is 9.88. The normalized spacial score (nSPS) is 10.1. The van der Waals surface area contributed by atoms with Crippen LogP contribution in [0.5, 0.6) is 11.5 Å². The fraction of sp³-hybridized carbons (Fsp3) is 0.176. The Balaban J connectivity index is 2.33. The lowest BCUT2D eigenvalue weighted by Gasteiger charge is -2.13. The van der Waals surface area contributed by atoms with Gasteiger partial charge in [0.1, 0.15) is 17.1 Å². The van der Waals surface area contributed by atoms with Crippen LogP contribution in [0.1, 0.15) is 27.0 Å². The molecule has 0 radical (unpaired) electrons. The molecule has 0 aliphatic carbocycles. The van der Waals surface area contributed by atoms with Crippen molar-refractivity contribution in [1.82, 2.24) is 0 Å². The maximum atomic E-state index is 12.3. The summed E-state index contributed by atoms with van der Waals surface area (Å²) in [5, 5.41) is 8.71. The van der Waals surface area contributed by atoms with Crippen molar-refractivity contribution in [3.8, 4) is 11.5 Å². The molecule has 0 atom stereocenters. The van der Waals surface area contributed by atoms with E-state index in [9.17, 15) is 9.59 Å². The molecule has 0 bridgehead atoms. The summed E-state index contributed by atoms with van der Waals surface area (Å²) >= 11 is 0. The number of hydrogen-bond acceptors (Lipinski definition) is 4. The van der Waals surface area contributed by atoms with E-state index in [-0.39, 0.29) is 11.3 Å². The van der Waals surface area contributed by atoms with Gasteiger partial charge in [0, 0.05) is 0 Å². The summed E-state index contributed by atoms with van der Waals surface area (Å²) in [6.45, 7) is 5.66. The molecule has 0 aliphatic rings. The predicted octanol–water partition coefficient (Wildman–Crippen LogP) is 3.89. The first-order valence-electron chi connectivity index (χ1n) is 6.68. The van der Waals surface area contributed by atoms with Crippen LogP contribution in [0, 0.1) is 20.8 Å². The Bertz CT molecular complexity index is 711. The molecule has 114 valence electrons. The second kappa shape index (κ2) is 6.30. The van der Waals surface area contributed by atoms with Crippen LogP contribution >= 0.6 is 0 Å². The van der Waals surface area contributed by atoms with Gasteiger partial charge in [-0.3, -0.25) is 0 Å². The molecule has 22 heavy (non-hydrogen) atoms. The molecule has 0 saturated heterocycles. The van der Waals surface area contributed by atoms with Gasteiger partial charge in [-0.05, 0) is 44.0 Å². The topological polar surface area (TPSA) is 72.8 Å². The van der Waals surface area contributed by atoms with Gasteiger partial charge in [-0.1, -0.05) is 29.8 Å². The number of aryl methyl sites for hydroxylation is 3. The lowest BCUT2D eigenvalue weighted by Crippen LogP contribution is -2.14. The Morgan fingerprint density at radius 3 is 2.14 bits per heavy atom. The maximum Gasteiger partial charge on any atom is 0.511 e. The molecule has 5 nitrogen and oxygen atoms in total. The molecule has 2 rings (SSSR count). The number of benzene rings is 2. The first kappa shape index (κ1) is 15.6. The molecule has 1 N–H and O–H groups in total. The number of ether oxygens (including phenoxy) is 2. The summed E-state index contributed by atoms with van der Waals surface area (Å²) in [5.74, 6) is -0.241. The van der Waals surface area contributed by atoms with E-state index in [4.69, 9.17) is 9.84 Å². The van der Waals surface area contributed by atoms with Crippen molar-refractivity contribution < 1.29 is 24.2 Å². The Morgan fingerprint density at radius 2 is 1.55 bits per heavy atom. The van der Waals surface area contributed by atoms with Gasteiger partial charge in [-0.2, -0.15) is 0 Å². The quantitative estimate of drug-likeness (QED) is 0.529. The third-order valence-electron chi connectivity index (χ3n) is 3.10.